The van der Waals surface area contributed by atoms with Gasteiger partial charge in [0.1, 0.15) is 0 Å². The van der Waals surface area contributed by atoms with E-state index in [4.69, 9.17) is 4.74 Å². The first kappa shape index (κ1) is 13.0. The summed E-state index contributed by atoms with van der Waals surface area (Å²) in [5, 5.41) is 10.8. The summed E-state index contributed by atoms with van der Waals surface area (Å²) in [6, 6.07) is 4.82. The highest BCUT2D eigenvalue weighted by molar-refractivity contribution is 5.58. The van der Waals surface area contributed by atoms with Crippen molar-refractivity contribution in [2.75, 3.05) is 20.7 Å². The van der Waals surface area contributed by atoms with E-state index in [-0.39, 0.29) is 5.69 Å². The molecule has 0 spiro atoms. The lowest BCUT2D eigenvalue weighted by atomic mass is 10.2. The summed E-state index contributed by atoms with van der Waals surface area (Å²) in [6.45, 7) is 2.20. The summed E-state index contributed by atoms with van der Waals surface area (Å²) >= 11 is 0. The van der Waals surface area contributed by atoms with E-state index in [0.717, 1.165) is 5.56 Å². The molecule has 1 rings (SSSR count). The van der Waals surface area contributed by atoms with Crippen molar-refractivity contribution < 1.29 is 9.66 Å². The molecule has 0 aromatic heterocycles. The van der Waals surface area contributed by atoms with E-state index in [0.29, 0.717) is 12.4 Å². The van der Waals surface area contributed by atoms with Gasteiger partial charge in [-0.1, -0.05) is 0 Å². The lowest BCUT2D eigenvalue weighted by Crippen LogP contribution is -2.00. The maximum absolute atomic E-state index is 10.8. The van der Waals surface area contributed by atoms with Gasteiger partial charge in [0.2, 0.25) is 0 Å². The van der Waals surface area contributed by atoms with Gasteiger partial charge in [-0.3, -0.25) is 10.1 Å². The molecule has 1 aromatic carbocycles. The van der Waals surface area contributed by atoms with Gasteiger partial charge in [-0.2, -0.15) is 0 Å². The van der Waals surface area contributed by atoms with E-state index in [2.05, 4.69) is 0 Å². The van der Waals surface area contributed by atoms with Gasteiger partial charge in [-0.05, 0) is 36.9 Å². The second kappa shape index (κ2) is 5.89. The molecule has 5 nitrogen and oxygen atoms in total. The Kier molecular flexibility index (Phi) is 4.51. The summed E-state index contributed by atoms with van der Waals surface area (Å²) in [5.74, 6) is 0.304. The molecular weight excluding hydrogens is 220 g/mol. The molecule has 0 saturated carbocycles. The van der Waals surface area contributed by atoms with Crippen molar-refractivity contribution in [1.29, 1.82) is 0 Å². The average molecular weight is 236 g/mol. The lowest BCUT2D eigenvalue weighted by molar-refractivity contribution is -0.385. The molecule has 0 radical (unpaired) electrons. The fourth-order valence-electron chi connectivity index (χ4n) is 1.29. The molecule has 0 aliphatic rings. The molecule has 92 valence electrons. The molecule has 17 heavy (non-hydrogen) atoms. The predicted octanol–water partition coefficient (Wildman–Crippen LogP) is 2.53. The quantitative estimate of drug-likeness (QED) is 0.582. The van der Waals surface area contributed by atoms with E-state index < -0.39 is 4.92 Å². The van der Waals surface area contributed by atoms with Crippen LogP contribution in [0.5, 0.6) is 5.75 Å². The number of hydrogen-bond donors (Lipinski definition) is 0. The summed E-state index contributed by atoms with van der Waals surface area (Å²) in [6.07, 6.45) is 3.74. The maximum atomic E-state index is 10.8. The maximum Gasteiger partial charge on any atom is 0.310 e. The molecule has 5 heteroatoms. The minimum Gasteiger partial charge on any atom is -0.487 e. The van der Waals surface area contributed by atoms with Crippen LogP contribution in [0.25, 0.3) is 6.08 Å². The van der Waals surface area contributed by atoms with Crippen LogP contribution in [0.4, 0.5) is 5.69 Å². The van der Waals surface area contributed by atoms with Crippen molar-refractivity contribution in [3.05, 3.63) is 40.1 Å². The van der Waals surface area contributed by atoms with Gasteiger partial charge in [0, 0.05) is 20.2 Å². The standard InChI is InChI=1S/C12H16N2O3/c1-4-17-12-9-10(7-8-13(2)3)5-6-11(12)14(15)16/h5-9H,4H2,1-3H3. The Morgan fingerprint density at radius 2 is 2.18 bits per heavy atom. The van der Waals surface area contributed by atoms with Crippen LogP contribution in [0.2, 0.25) is 0 Å². The largest absolute Gasteiger partial charge is 0.487 e. The van der Waals surface area contributed by atoms with Gasteiger partial charge >= 0.3 is 5.69 Å². The number of nitro benzene ring substituents is 1. The molecule has 0 fully saturated rings. The number of rotatable bonds is 5. The molecule has 0 saturated heterocycles. The van der Waals surface area contributed by atoms with Crippen LogP contribution in [-0.4, -0.2) is 30.5 Å². The number of hydrogen-bond acceptors (Lipinski definition) is 4. The Hall–Kier alpha value is -2.04. The summed E-state index contributed by atoms with van der Waals surface area (Å²) in [7, 11) is 3.82. The van der Waals surface area contributed by atoms with Crippen molar-refractivity contribution in [3.8, 4) is 5.75 Å². The molecule has 0 atom stereocenters. The highest BCUT2D eigenvalue weighted by Gasteiger charge is 2.14. The first-order chi connectivity index (χ1) is 8.04. The van der Waals surface area contributed by atoms with Gasteiger partial charge in [-0.25, -0.2) is 0 Å². The van der Waals surface area contributed by atoms with Crippen molar-refractivity contribution >= 4 is 11.8 Å². The smallest absolute Gasteiger partial charge is 0.310 e. The monoisotopic (exact) mass is 236 g/mol. The Morgan fingerprint density at radius 1 is 1.47 bits per heavy atom. The molecule has 0 heterocycles. The van der Waals surface area contributed by atoms with Gasteiger partial charge in [0.05, 0.1) is 11.5 Å². The average Bonchev–Trinajstić information content (AvgIpc) is 2.26. The van der Waals surface area contributed by atoms with E-state index in [1.165, 1.54) is 6.07 Å². The predicted molar refractivity (Wildman–Crippen MR) is 67.0 cm³/mol. The normalized spacial score (nSPS) is 10.5. The molecule has 0 unspecified atom stereocenters. The van der Waals surface area contributed by atoms with Crippen molar-refractivity contribution in [2.24, 2.45) is 0 Å². The molecule has 0 aliphatic heterocycles. The minimum absolute atomic E-state index is 0.00569. The minimum atomic E-state index is -0.440. The Bertz CT molecular complexity index is 428. The Labute approximate surface area is 100 Å². The van der Waals surface area contributed by atoms with Crippen LogP contribution in [0, 0.1) is 10.1 Å². The van der Waals surface area contributed by atoms with E-state index in [9.17, 15) is 10.1 Å². The molecule has 0 N–H and O–H groups in total. The highest BCUT2D eigenvalue weighted by atomic mass is 16.6. The summed E-state index contributed by atoms with van der Waals surface area (Å²) in [5.41, 5.74) is 0.863. The topological polar surface area (TPSA) is 55.6 Å². The van der Waals surface area contributed by atoms with Crippen LogP contribution in [0.15, 0.2) is 24.4 Å². The second-order valence-corrected chi connectivity index (χ2v) is 3.70. The van der Waals surface area contributed by atoms with Gasteiger partial charge < -0.3 is 9.64 Å². The van der Waals surface area contributed by atoms with Gasteiger partial charge in [0.15, 0.2) is 5.75 Å². The fourth-order valence-corrected chi connectivity index (χ4v) is 1.29. The Balaban J connectivity index is 3.05. The van der Waals surface area contributed by atoms with Crippen molar-refractivity contribution in [3.63, 3.8) is 0 Å². The lowest BCUT2D eigenvalue weighted by Gasteiger charge is -2.06. The third-order valence-electron chi connectivity index (χ3n) is 2.05. The first-order valence-corrected chi connectivity index (χ1v) is 5.30. The second-order valence-electron chi connectivity index (χ2n) is 3.70. The third-order valence-corrected chi connectivity index (χ3v) is 2.05. The zero-order valence-corrected chi connectivity index (χ0v) is 10.2. The first-order valence-electron chi connectivity index (χ1n) is 5.30. The zero-order chi connectivity index (χ0) is 12.8. The molecule has 0 amide bonds. The van der Waals surface area contributed by atoms with Crippen LogP contribution >= 0.6 is 0 Å². The van der Waals surface area contributed by atoms with Crippen molar-refractivity contribution in [2.45, 2.75) is 6.92 Å². The van der Waals surface area contributed by atoms with E-state index >= 15 is 0 Å². The van der Waals surface area contributed by atoms with Crippen LogP contribution in [0.3, 0.4) is 0 Å². The number of benzene rings is 1. The highest BCUT2D eigenvalue weighted by Crippen LogP contribution is 2.28. The SMILES string of the molecule is CCOc1cc(C=CN(C)C)ccc1[N+](=O)[O-]. The molecular formula is C12H16N2O3. The number of ether oxygens (including phenoxy) is 1. The van der Waals surface area contributed by atoms with Gasteiger partial charge in [0.25, 0.3) is 0 Å². The fraction of sp³-hybridized carbons (Fsp3) is 0.333. The van der Waals surface area contributed by atoms with E-state index in [1.54, 1.807) is 19.1 Å². The Morgan fingerprint density at radius 3 is 2.71 bits per heavy atom. The van der Waals surface area contributed by atoms with Gasteiger partial charge in [-0.15, -0.1) is 0 Å². The number of nitro groups is 1. The zero-order valence-electron chi connectivity index (χ0n) is 10.2. The van der Waals surface area contributed by atoms with Crippen molar-refractivity contribution in [1.82, 2.24) is 4.90 Å². The molecule has 1 aromatic rings. The third kappa shape index (κ3) is 3.79. The molecule has 0 aliphatic carbocycles. The summed E-state index contributed by atoms with van der Waals surface area (Å²) in [4.78, 5) is 12.2. The van der Waals surface area contributed by atoms with Crippen LogP contribution in [0.1, 0.15) is 12.5 Å². The molecule has 0 bridgehead atoms. The number of nitrogens with zero attached hydrogens (tertiary/aromatic N) is 2. The van der Waals surface area contributed by atoms with E-state index in [1.807, 2.05) is 31.3 Å². The van der Waals surface area contributed by atoms with Crippen LogP contribution < -0.4 is 4.74 Å². The summed E-state index contributed by atoms with van der Waals surface area (Å²) < 4.78 is 5.26. The van der Waals surface area contributed by atoms with Crippen LogP contribution in [-0.2, 0) is 0 Å².